The number of nitriles is 1. The Kier molecular flexibility index (Phi) is 16.2. The molecule has 13 heteroatoms. The van der Waals surface area contributed by atoms with E-state index in [9.17, 15) is 18.8 Å². The van der Waals surface area contributed by atoms with Crippen LogP contribution in [0.1, 0.15) is 44.1 Å². The van der Waals surface area contributed by atoms with Gasteiger partial charge in [-0.1, -0.05) is 6.07 Å². The Morgan fingerprint density at radius 3 is 2.18 bits per heavy atom. The third-order valence-corrected chi connectivity index (χ3v) is 5.59. The largest absolute Gasteiger partial charge is 0.487 e. The molecule has 3 rings (SSSR count). The summed E-state index contributed by atoms with van der Waals surface area (Å²) in [6, 6.07) is 7.09. The van der Waals surface area contributed by atoms with Gasteiger partial charge < -0.3 is 42.0 Å². The molecule has 0 aromatic heterocycles. The van der Waals surface area contributed by atoms with Gasteiger partial charge in [0.15, 0.2) is 11.5 Å². The van der Waals surface area contributed by atoms with Crippen molar-refractivity contribution in [3.05, 3.63) is 23.8 Å². The average Bonchev–Trinajstić information content (AvgIpc) is 3.16. The lowest BCUT2D eigenvalue weighted by atomic mass is 9.74. The number of carbonyl (C=O) groups is 1. The molecule has 11 nitrogen and oxygen atoms in total. The van der Waals surface area contributed by atoms with Crippen LogP contribution in [-0.2, 0) is 10.2 Å². The van der Waals surface area contributed by atoms with Gasteiger partial charge in [0.2, 0.25) is 0 Å². The molecular formula is C20H34F2N2O9. The van der Waals surface area contributed by atoms with Crippen molar-refractivity contribution in [1.82, 2.24) is 4.90 Å². The van der Waals surface area contributed by atoms with E-state index in [1.807, 2.05) is 0 Å². The molecule has 1 aliphatic heterocycles. The van der Waals surface area contributed by atoms with Crippen LogP contribution < -0.4 is 9.47 Å². The fraction of sp³-hybridized carbons (Fsp3) is 0.600. The number of hydrogen-bond acceptors (Lipinski definition) is 5. The molecule has 1 aliphatic carbocycles. The van der Waals surface area contributed by atoms with Crippen LogP contribution in [0.15, 0.2) is 18.2 Å². The van der Waals surface area contributed by atoms with Gasteiger partial charge in [-0.25, -0.2) is 0 Å². The summed E-state index contributed by atoms with van der Waals surface area (Å²) >= 11 is 0. The highest BCUT2D eigenvalue weighted by molar-refractivity contribution is 5.69. The summed E-state index contributed by atoms with van der Waals surface area (Å²) in [6.45, 7) is -2.05. The van der Waals surface area contributed by atoms with Crippen molar-refractivity contribution in [1.29, 1.82) is 5.26 Å². The van der Waals surface area contributed by atoms with Crippen LogP contribution in [0.25, 0.3) is 0 Å². The van der Waals surface area contributed by atoms with E-state index in [4.69, 9.17) is 9.84 Å². The molecule has 33 heavy (non-hydrogen) atoms. The molecule has 192 valence electrons. The number of rotatable bonds is 7. The molecule has 2 fully saturated rings. The maximum Gasteiger partial charge on any atom is 0.387 e. The normalized spacial score (nSPS) is 17.0. The molecule has 1 saturated carbocycles. The first kappa shape index (κ1) is 35.0. The monoisotopic (exact) mass is 484 g/mol. The maximum atomic E-state index is 12.8. The van der Waals surface area contributed by atoms with Crippen molar-refractivity contribution in [3.8, 4) is 17.6 Å². The number of hydrogen-bond donors (Lipinski definition) is 1. The number of likely N-dealkylation sites (tertiary alicyclic amines) is 1. The zero-order valence-electron chi connectivity index (χ0n) is 18.1. The van der Waals surface area contributed by atoms with Crippen molar-refractivity contribution in [2.75, 3.05) is 19.6 Å². The van der Waals surface area contributed by atoms with E-state index >= 15 is 0 Å². The second-order valence-corrected chi connectivity index (χ2v) is 7.43. The first-order valence-electron chi connectivity index (χ1n) is 9.53. The molecule has 1 heterocycles. The molecule has 0 atom stereocenters. The minimum absolute atomic E-state index is 0. The zero-order chi connectivity index (χ0) is 20.1. The Morgan fingerprint density at radius 1 is 1.12 bits per heavy atom. The number of alkyl halides is 2. The zero-order valence-corrected chi connectivity index (χ0v) is 18.1. The molecule has 0 bridgehead atoms. The molecule has 11 N–H and O–H groups in total. The van der Waals surface area contributed by atoms with Crippen molar-refractivity contribution in [3.63, 3.8) is 0 Å². The Hall–Kier alpha value is -2.60. The summed E-state index contributed by atoms with van der Waals surface area (Å²) in [4.78, 5) is 12.7. The van der Waals surface area contributed by atoms with Crippen molar-refractivity contribution < 1.29 is 55.5 Å². The summed E-state index contributed by atoms with van der Waals surface area (Å²) in [5, 5.41) is 18.8. The van der Waals surface area contributed by atoms with E-state index in [2.05, 4.69) is 10.8 Å². The summed E-state index contributed by atoms with van der Waals surface area (Å²) in [5.41, 5.74) is -0.105. The third-order valence-electron chi connectivity index (χ3n) is 5.59. The van der Waals surface area contributed by atoms with Gasteiger partial charge in [-0.2, -0.15) is 14.0 Å². The molecule has 0 radical (unpaired) electrons. The first-order valence-corrected chi connectivity index (χ1v) is 9.53. The quantitative estimate of drug-likeness (QED) is 0.530. The first-order chi connectivity index (χ1) is 13.4. The lowest BCUT2D eigenvalue weighted by Crippen LogP contribution is -2.43. The van der Waals surface area contributed by atoms with Crippen LogP contribution in [-0.4, -0.2) is 75.7 Å². The van der Waals surface area contributed by atoms with Crippen LogP contribution in [0, 0.1) is 11.3 Å². The predicted molar refractivity (Wildman–Crippen MR) is 115 cm³/mol. The number of benzene rings is 1. The van der Waals surface area contributed by atoms with Crippen LogP contribution in [0.2, 0.25) is 0 Å². The Bertz CT molecular complexity index is 748. The third kappa shape index (κ3) is 8.69. The second-order valence-electron chi connectivity index (χ2n) is 7.43. The summed E-state index contributed by atoms with van der Waals surface area (Å²) < 4.78 is 36.1. The van der Waals surface area contributed by atoms with E-state index in [1.165, 1.54) is 6.07 Å². The average molecular weight is 484 g/mol. The molecule has 0 amide bonds. The minimum Gasteiger partial charge on any atom is -0.487 e. The number of nitrogens with zero attached hydrogens (tertiary/aromatic N) is 2. The van der Waals surface area contributed by atoms with Crippen molar-refractivity contribution >= 4 is 5.97 Å². The summed E-state index contributed by atoms with van der Waals surface area (Å²) in [7, 11) is 0. The molecule has 1 aromatic carbocycles. The molecule has 2 aliphatic rings. The van der Waals surface area contributed by atoms with E-state index in [0.29, 0.717) is 31.5 Å². The van der Waals surface area contributed by atoms with E-state index in [0.717, 1.165) is 25.7 Å². The Balaban J connectivity index is -0.00000180. The van der Waals surface area contributed by atoms with Gasteiger partial charge in [-0.3, -0.25) is 9.69 Å². The van der Waals surface area contributed by atoms with Crippen LogP contribution in [0.4, 0.5) is 8.78 Å². The van der Waals surface area contributed by atoms with E-state index in [-0.39, 0.29) is 51.5 Å². The highest BCUT2D eigenvalue weighted by Gasteiger charge is 2.37. The topological polar surface area (TPSA) is 240 Å². The minimum atomic E-state index is -2.96. The Labute approximate surface area is 190 Å². The van der Waals surface area contributed by atoms with Crippen LogP contribution >= 0.6 is 0 Å². The van der Waals surface area contributed by atoms with Gasteiger partial charge in [0.1, 0.15) is 0 Å². The van der Waals surface area contributed by atoms with Gasteiger partial charge in [0.25, 0.3) is 0 Å². The summed E-state index contributed by atoms with van der Waals surface area (Å²) in [6.07, 6.45) is 4.71. The van der Waals surface area contributed by atoms with Gasteiger partial charge in [0.05, 0.1) is 24.1 Å². The number of carboxylic acid groups (broad SMARTS) is 1. The van der Waals surface area contributed by atoms with Gasteiger partial charge in [0, 0.05) is 13.1 Å². The highest BCUT2D eigenvalue weighted by Crippen LogP contribution is 2.41. The highest BCUT2D eigenvalue weighted by atomic mass is 19.3. The fourth-order valence-electron chi connectivity index (χ4n) is 4.03. The molecule has 1 aromatic rings. The second kappa shape index (κ2) is 15.3. The molecule has 0 spiro atoms. The van der Waals surface area contributed by atoms with Crippen LogP contribution in [0.5, 0.6) is 11.5 Å². The van der Waals surface area contributed by atoms with Crippen molar-refractivity contribution in [2.24, 2.45) is 0 Å². The van der Waals surface area contributed by atoms with Gasteiger partial charge in [-0.05, 0) is 56.2 Å². The van der Waals surface area contributed by atoms with Gasteiger partial charge >= 0.3 is 12.6 Å². The lowest BCUT2D eigenvalue weighted by Gasteiger charge is -2.37. The van der Waals surface area contributed by atoms with Gasteiger partial charge in [-0.15, -0.1) is 0 Å². The van der Waals surface area contributed by atoms with Crippen LogP contribution in [0.3, 0.4) is 0 Å². The number of carboxylic acids is 1. The maximum absolute atomic E-state index is 12.8. The van der Waals surface area contributed by atoms with E-state index < -0.39 is 18.0 Å². The van der Waals surface area contributed by atoms with E-state index in [1.54, 1.807) is 17.0 Å². The fourth-order valence-corrected chi connectivity index (χ4v) is 4.03. The predicted octanol–water partition coefficient (Wildman–Crippen LogP) is -0.572. The number of aliphatic carboxylic acids is 1. The van der Waals surface area contributed by atoms with Crippen molar-refractivity contribution in [2.45, 2.75) is 56.7 Å². The smallest absolute Gasteiger partial charge is 0.387 e. The summed E-state index contributed by atoms with van der Waals surface area (Å²) in [5.74, 6) is -0.681. The molecular weight excluding hydrogens is 450 g/mol. The number of ether oxygens (including phenoxy) is 2. The number of piperidine rings is 1. The standard InChI is InChI=1S/C20H24F2N2O4.5H2O/c21-19(22)28-16-6-5-14(11-17(16)27-15-3-1-2-4-15)20(13-23)7-9-24(10-8-20)12-18(25)26;;;;;/h5-6,11,15,19H,1-4,7-10,12H2,(H,25,26);5*1H2. The number of halogens is 2. The molecule has 0 unspecified atom stereocenters. The molecule has 1 saturated heterocycles. The Morgan fingerprint density at radius 2 is 1.70 bits per heavy atom. The lowest BCUT2D eigenvalue weighted by molar-refractivity contribution is -0.138. The SMILES string of the molecule is N#CC1(c2ccc(OC(F)F)c(OC3CCCC3)c2)CCN(CC(=O)O)CC1.O.O.O.O.O.